The van der Waals surface area contributed by atoms with Crippen LogP contribution in [-0.4, -0.2) is 34.5 Å². The summed E-state index contributed by atoms with van der Waals surface area (Å²) in [4.78, 5) is 37.2. The lowest BCUT2D eigenvalue weighted by Gasteiger charge is -2.25. The summed E-state index contributed by atoms with van der Waals surface area (Å²) in [5.41, 5.74) is 0.129. The number of hydrogen-bond donors (Lipinski definition) is 0. The molecule has 0 radical (unpaired) electrons. The van der Waals surface area contributed by atoms with E-state index in [1.807, 2.05) is 30.3 Å². The molecule has 0 saturated carbocycles. The highest BCUT2D eigenvalue weighted by atomic mass is 16.6. The number of amides is 2. The quantitative estimate of drug-likeness (QED) is 0.801. The molecule has 1 aliphatic heterocycles. The van der Waals surface area contributed by atoms with Crippen LogP contribution in [0.25, 0.3) is 0 Å². The van der Waals surface area contributed by atoms with Crippen molar-refractivity contribution in [3.05, 3.63) is 35.9 Å². The summed E-state index contributed by atoms with van der Waals surface area (Å²) in [5, 5.41) is 0. The van der Waals surface area contributed by atoms with Crippen LogP contribution >= 0.6 is 0 Å². The van der Waals surface area contributed by atoms with Gasteiger partial charge < -0.3 is 9.47 Å². The predicted octanol–water partition coefficient (Wildman–Crippen LogP) is 2.66. The first kappa shape index (κ1) is 17.0. The van der Waals surface area contributed by atoms with Gasteiger partial charge in [0.1, 0.15) is 18.2 Å². The number of rotatable bonds is 3. The summed E-state index contributed by atoms with van der Waals surface area (Å²) in [7, 11) is 0. The minimum absolute atomic E-state index is 0.0461. The van der Waals surface area contributed by atoms with Crippen molar-refractivity contribution in [3.63, 3.8) is 0 Å². The summed E-state index contributed by atoms with van der Waals surface area (Å²) >= 11 is 0. The third-order valence-electron chi connectivity index (χ3n) is 3.29. The lowest BCUT2D eigenvalue weighted by Crippen LogP contribution is -2.45. The lowest BCUT2D eigenvalue weighted by molar-refractivity contribution is -0.161. The second-order valence-electron chi connectivity index (χ2n) is 6.39. The zero-order valence-corrected chi connectivity index (χ0v) is 13.6. The van der Waals surface area contributed by atoms with Crippen LogP contribution in [0.5, 0.6) is 0 Å². The second-order valence-corrected chi connectivity index (χ2v) is 6.39. The van der Waals surface area contributed by atoms with Crippen LogP contribution in [0.3, 0.4) is 0 Å². The van der Waals surface area contributed by atoms with Gasteiger partial charge in [0, 0.05) is 6.42 Å². The molecule has 1 atom stereocenters. The monoisotopic (exact) mass is 319 g/mol. The van der Waals surface area contributed by atoms with Crippen LogP contribution < -0.4 is 0 Å². The van der Waals surface area contributed by atoms with Crippen LogP contribution in [0.2, 0.25) is 0 Å². The van der Waals surface area contributed by atoms with E-state index < -0.39 is 29.6 Å². The minimum Gasteiger partial charge on any atom is -0.458 e. The summed E-state index contributed by atoms with van der Waals surface area (Å²) in [5.74, 6) is -1.00. The molecule has 23 heavy (non-hydrogen) atoms. The zero-order valence-electron chi connectivity index (χ0n) is 13.6. The fraction of sp³-hybridized carbons (Fsp3) is 0.471. The smallest absolute Gasteiger partial charge is 0.417 e. The lowest BCUT2D eigenvalue weighted by atomic mass is 10.1. The Labute approximate surface area is 135 Å². The standard InChI is InChI=1S/C17H21NO5/c1-17(2,3)23-15(20)13-9-10-14(19)18(13)16(21)22-11-12-7-5-4-6-8-12/h4-8,13H,9-11H2,1-3H3/t13-/m1/s1. The van der Waals surface area contributed by atoms with E-state index in [4.69, 9.17) is 9.47 Å². The molecule has 0 bridgehead atoms. The van der Waals surface area contributed by atoms with Gasteiger partial charge in [-0.1, -0.05) is 30.3 Å². The average Bonchev–Trinajstić information content (AvgIpc) is 2.86. The molecule has 124 valence electrons. The number of imide groups is 1. The van der Waals surface area contributed by atoms with Crippen molar-refractivity contribution in [2.45, 2.75) is 51.9 Å². The van der Waals surface area contributed by atoms with Gasteiger partial charge in [-0.15, -0.1) is 0 Å². The maximum Gasteiger partial charge on any atom is 0.417 e. The van der Waals surface area contributed by atoms with Crippen LogP contribution in [0, 0.1) is 0 Å². The molecule has 1 heterocycles. The molecule has 2 amide bonds. The highest BCUT2D eigenvalue weighted by Crippen LogP contribution is 2.23. The third-order valence-corrected chi connectivity index (χ3v) is 3.29. The van der Waals surface area contributed by atoms with Crippen molar-refractivity contribution in [2.24, 2.45) is 0 Å². The molecule has 0 spiro atoms. The van der Waals surface area contributed by atoms with E-state index in [0.29, 0.717) is 0 Å². The van der Waals surface area contributed by atoms with Gasteiger partial charge in [-0.3, -0.25) is 4.79 Å². The molecule has 6 nitrogen and oxygen atoms in total. The number of ether oxygens (including phenoxy) is 2. The molecule has 6 heteroatoms. The van der Waals surface area contributed by atoms with E-state index in [1.165, 1.54) is 0 Å². The van der Waals surface area contributed by atoms with Gasteiger partial charge >= 0.3 is 12.1 Å². The number of nitrogens with zero attached hydrogens (tertiary/aromatic N) is 1. The molecule has 1 fully saturated rings. The molecule has 0 aliphatic carbocycles. The second kappa shape index (κ2) is 6.81. The van der Waals surface area contributed by atoms with Crippen LogP contribution in [0.1, 0.15) is 39.2 Å². The molecular weight excluding hydrogens is 298 g/mol. The van der Waals surface area contributed by atoms with Gasteiger partial charge in [-0.05, 0) is 32.8 Å². The average molecular weight is 319 g/mol. The summed E-state index contributed by atoms with van der Waals surface area (Å²) in [6.45, 7) is 5.25. The Morgan fingerprint density at radius 3 is 2.48 bits per heavy atom. The van der Waals surface area contributed by atoms with E-state index in [1.54, 1.807) is 20.8 Å². The normalized spacial score (nSPS) is 18.0. The first-order valence-electron chi connectivity index (χ1n) is 7.53. The summed E-state index contributed by atoms with van der Waals surface area (Å²) < 4.78 is 10.4. The maximum atomic E-state index is 12.2. The zero-order chi connectivity index (χ0) is 17.0. The van der Waals surface area contributed by atoms with Crippen molar-refractivity contribution < 1.29 is 23.9 Å². The number of carbonyl (C=O) groups is 3. The third kappa shape index (κ3) is 4.55. The fourth-order valence-electron chi connectivity index (χ4n) is 2.29. The Kier molecular flexibility index (Phi) is 5.03. The SMILES string of the molecule is CC(C)(C)OC(=O)[C@H]1CCC(=O)N1C(=O)OCc1ccccc1. The van der Waals surface area contributed by atoms with Crippen molar-refractivity contribution in [3.8, 4) is 0 Å². The molecule has 0 N–H and O–H groups in total. The Morgan fingerprint density at radius 1 is 1.22 bits per heavy atom. The highest BCUT2D eigenvalue weighted by Gasteiger charge is 2.43. The van der Waals surface area contributed by atoms with Crippen molar-refractivity contribution in [1.82, 2.24) is 4.90 Å². The number of esters is 1. The van der Waals surface area contributed by atoms with Gasteiger partial charge in [-0.2, -0.15) is 0 Å². The van der Waals surface area contributed by atoms with E-state index in [2.05, 4.69) is 0 Å². The number of carbonyl (C=O) groups excluding carboxylic acids is 3. The molecule has 1 aliphatic rings. The first-order valence-corrected chi connectivity index (χ1v) is 7.53. The molecule has 2 rings (SSSR count). The largest absolute Gasteiger partial charge is 0.458 e. The van der Waals surface area contributed by atoms with Crippen LogP contribution in [-0.2, 0) is 25.7 Å². The molecule has 0 aromatic heterocycles. The van der Waals surface area contributed by atoms with Crippen LogP contribution in [0.15, 0.2) is 30.3 Å². The highest BCUT2D eigenvalue weighted by molar-refractivity contribution is 5.99. The minimum atomic E-state index is -0.912. The number of benzene rings is 1. The molecule has 0 unspecified atom stereocenters. The van der Waals surface area contributed by atoms with Gasteiger partial charge in [-0.25, -0.2) is 14.5 Å². The van der Waals surface area contributed by atoms with E-state index in [0.717, 1.165) is 10.5 Å². The Bertz CT molecular complexity index is 591. The first-order chi connectivity index (χ1) is 10.8. The summed E-state index contributed by atoms with van der Waals surface area (Å²) in [6, 6.07) is 8.22. The van der Waals surface area contributed by atoms with Crippen LogP contribution in [0.4, 0.5) is 4.79 Å². The number of hydrogen-bond acceptors (Lipinski definition) is 5. The number of likely N-dealkylation sites (tertiary alicyclic amines) is 1. The van der Waals surface area contributed by atoms with Crippen molar-refractivity contribution in [2.75, 3.05) is 0 Å². The maximum absolute atomic E-state index is 12.2. The van der Waals surface area contributed by atoms with Gasteiger partial charge in [0.15, 0.2) is 0 Å². The fourth-order valence-corrected chi connectivity index (χ4v) is 2.29. The van der Waals surface area contributed by atoms with Gasteiger partial charge in [0.25, 0.3) is 0 Å². The van der Waals surface area contributed by atoms with Gasteiger partial charge in [0.05, 0.1) is 0 Å². The Morgan fingerprint density at radius 2 is 1.87 bits per heavy atom. The van der Waals surface area contributed by atoms with Gasteiger partial charge in [0.2, 0.25) is 5.91 Å². The van der Waals surface area contributed by atoms with E-state index in [-0.39, 0.29) is 19.4 Å². The molecule has 1 aromatic rings. The molecular formula is C17H21NO5. The predicted molar refractivity (Wildman–Crippen MR) is 82.3 cm³/mol. The Balaban J connectivity index is 2.01. The van der Waals surface area contributed by atoms with E-state index >= 15 is 0 Å². The molecule has 1 saturated heterocycles. The van der Waals surface area contributed by atoms with E-state index in [9.17, 15) is 14.4 Å². The van der Waals surface area contributed by atoms with Crippen molar-refractivity contribution in [1.29, 1.82) is 0 Å². The Hall–Kier alpha value is -2.37. The summed E-state index contributed by atoms with van der Waals surface area (Å²) in [6.07, 6.45) is -0.425. The topological polar surface area (TPSA) is 72.9 Å². The van der Waals surface area contributed by atoms with Crippen molar-refractivity contribution >= 4 is 18.0 Å². The molecule has 1 aromatic carbocycles.